The van der Waals surface area contributed by atoms with E-state index < -0.39 is 0 Å². The van der Waals surface area contributed by atoms with E-state index in [0.29, 0.717) is 11.6 Å². The maximum atomic E-state index is 6.45. The third-order valence-electron chi connectivity index (χ3n) is 3.45. The number of anilines is 2. The molecule has 0 atom stereocenters. The SMILES string of the molecule is CNCc1cnc(N2CCCOc3ccccc32)c(Cl)c1. The lowest BCUT2D eigenvalue weighted by molar-refractivity contribution is 0.322. The van der Waals surface area contributed by atoms with Crippen LogP contribution in [0.25, 0.3) is 0 Å². The van der Waals surface area contributed by atoms with E-state index in [2.05, 4.69) is 15.2 Å². The number of nitrogens with zero attached hydrogens (tertiary/aromatic N) is 2. The first-order chi connectivity index (χ1) is 10.3. The summed E-state index contributed by atoms with van der Waals surface area (Å²) in [5.41, 5.74) is 2.09. The molecule has 0 aliphatic carbocycles. The molecule has 1 aliphatic heterocycles. The van der Waals surface area contributed by atoms with Gasteiger partial charge >= 0.3 is 0 Å². The molecule has 5 heteroatoms. The first-order valence-electron chi connectivity index (χ1n) is 7.08. The summed E-state index contributed by atoms with van der Waals surface area (Å²) in [6.45, 7) is 2.31. The summed E-state index contributed by atoms with van der Waals surface area (Å²) in [6.07, 6.45) is 2.80. The van der Waals surface area contributed by atoms with Crippen molar-refractivity contribution in [3.8, 4) is 5.75 Å². The Morgan fingerprint density at radius 3 is 3.05 bits per heavy atom. The monoisotopic (exact) mass is 303 g/mol. The number of fused-ring (bicyclic) bond motifs is 1. The molecular weight excluding hydrogens is 286 g/mol. The molecular formula is C16H18ClN3O. The summed E-state index contributed by atoms with van der Waals surface area (Å²) in [5.74, 6) is 1.67. The zero-order valence-electron chi connectivity index (χ0n) is 12.0. The van der Waals surface area contributed by atoms with E-state index in [4.69, 9.17) is 16.3 Å². The number of halogens is 1. The van der Waals surface area contributed by atoms with Gasteiger partial charge in [0.2, 0.25) is 0 Å². The molecule has 0 spiro atoms. The number of pyridine rings is 1. The second-order valence-corrected chi connectivity index (χ2v) is 5.41. The molecule has 1 aromatic heterocycles. The maximum absolute atomic E-state index is 6.45. The molecule has 2 heterocycles. The van der Waals surface area contributed by atoms with E-state index in [0.717, 1.165) is 42.3 Å². The Labute approximate surface area is 129 Å². The molecule has 3 rings (SSSR count). The molecule has 0 bridgehead atoms. The fraction of sp³-hybridized carbons (Fsp3) is 0.312. The van der Waals surface area contributed by atoms with Gasteiger partial charge in [-0.3, -0.25) is 0 Å². The Balaban J connectivity index is 2.00. The van der Waals surface area contributed by atoms with E-state index in [1.807, 2.05) is 43.6 Å². The Kier molecular flexibility index (Phi) is 4.27. The molecule has 110 valence electrons. The van der Waals surface area contributed by atoms with Crippen molar-refractivity contribution in [1.29, 1.82) is 0 Å². The molecule has 0 saturated heterocycles. The van der Waals surface area contributed by atoms with Crippen molar-refractivity contribution in [3.05, 3.63) is 47.1 Å². The summed E-state index contributed by atoms with van der Waals surface area (Å²) in [6, 6.07) is 9.98. The number of ether oxygens (including phenoxy) is 1. The highest BCUT2D eigenvalue weighted by Crippen LogP contribution is 2.37. The summed E-state index contributed by atoms with van der Waals surface area (Å²) in [5, 5.41) is 3.77. The molecule has 0 saturated carbocycles. The topological polar surface area (TPSA) is 37.4 Å². The smallest absolute Gasteiger partial charge is 0.151 e. The van der Waals surface area contributed by atoms with Crippen LogP contribution in [0, 0.1) is 0 Å². The van der Waals surface area contributed by atoms with E-state index in [1.54, 1.807) is 0 Å². The predicted octanol–water partition coefficient (Wildman–Crippen LogP) is 3.38. The lowest BCUT2D eigenvalue weighted by Gasteiger charge is -2.23. The molecule has 0 unspecified atom stereocenters. The fourth-order valence-electron chi connectivity index (χ4n) is 2.52. The summed E-state index contributed by atoms with van der Waals surface area (Å²) < 4.78 is 5.78. The van der Waals surface area contributed by atoms with Gasteiger partial charge in [-0.1, -0.05) is 23.7 Å². The number of hydrogen-bond donors (Lipinski definition) is 1. The highest BCUT2D eigenvalue weighted by molar-refractivity contribution is 6.33. The van der Waals surface area contributed by atoms with Crippen molar-refractivity contribution in [3.63, 3.8) is 0 Å². The van der Waals surface area contributed by atoms with Crippen LogP contribution in [0.3, 0.4) is 0 Å². The summed E-state index contributed by atoms with van der Waals surface area (Å²) >= 11 is 6.45. The van der Waals surface area contributed by atoms with Crippen LogP contribution < -0.4 is 15.0 Å². The molecule has 0 radical (unpaired) electrons. The van der Waals surface area contributed by atoms with Crippen LogP contribution in [0.1, 0.15) is 12.0 Å². The van der Waals surface area contributed by atoms with Crippen LogP contribution in [0.15, 0.2) is 36.5 Å². The summed E-state index contributed by atoms with van der Waals surface area (Å²) in [4.78, 5) is 6.69. The van der Waals surface area contributed by atoms with E-state index >= 15 is 0 Å². The van der Waals surface area contributed by atoms with Gasteiger partial charge in [0.05, 0.1) is 17.3 Å². The molecule has 1 N–H and O–H groups in total. The largest absolute Gasteiger partial charge is 0.491 e. The first kappa shape index (κ1) is 14.2. The van der Waals surface area contributed by atoms with Crippen molar-refractivity contribution in [2.75, 3.05) is 25.1 Å². The van der Waals surface area contributed by atoms with Gasteiger partial charge in [-0.15, -0.1) is 0 Å². The minimum Gasteiger partial charge on any atom is -0.491 e. The van der Waals surface area contributed by atoms with Crippen molar-refractivity contribution in [2.24, 2.45) is 0 Å². The van der Waals surface area contributed by atoms with Crippen molar-refractivity contribution in [2.45, 2.75) is 13.0 Å². The second kappa shape index (κ2) is 6.33. The molecule has 1 aromatic carbocycles. The average Bonchev–Trinajstić information content (AvgIpc) is 2.70. The van der Waals surface area contributed by atoms with Crippen LogP contribution in [-0.4, -0.2) is 25.2 Å². The third-order valence-corrected chi connectivity index (χ3v) is 3.73. The zero-order valence-corrected chi connectivity index (χ0v) is 12.7. The van der Waals surface area contributed by atoms with Gasteiger partial charge in [0.1, 0.15) is 5.75 Å². The standard InChI is InChI=1S/C16H18ClN3O/c1-18-10-12-9-13(17)16(19-11-12)20-7-4-8-21-15-6-3-2-5-14(15)20/h2-3,5-6,9,11,18H,4,7-8,10H2,1H3. The molecule has 2 aromatic rings. The van der Waals surface area contributed by atoms with E-state index in [9.17, 15) is 0 Å². The lowest BCUT2D eigenvalue weighted by Crippen LogP contribution is -2.19. The maximum Gasteiger partial charge on any atom is 0.151 e. The number of aromatic nitrogens is 1. The first-order valence-corrected chi connectivity index (χ1v) is 7.46. The number of benzene rings is 1. The highest BCUT2D eigenvalue weighted by Gasteiger charge is 2.20. The Bertz CT molecular complexity index is 633. The van der Waals surface area contributed by atoms with E-state index in [1.165, 1.54) is 0 Å². The molecule has 21 heavy (non-hydrogen) atoms. The van der Waals surface area contributed by atoms with Gasteiger partial charge in [-0.25, -0.2) is 4.98 Å². The minimum atomic E-state index is 0.666. The number of para-hydroxylation sites is 2. The van der Waals surface area contributed by atoms with Crippen molar-refractivity contribution < 1.29 is 4.74 Å². The quantitative estimate of drug-likeness (QED) is 0.943. The molecule has 0 amide bonds. The fourth-order valence-corrected chi connectivity index (χ4v) is 2.81. The minimum absolute atomic E-state index is 0.666. The summed E-state index contributed by atoms with van der Waals surface area (Å²) in [7, 11) is 1.91. The van der Waals surface area contributed by atoms with Gasteiger partial charge in [-0.2, -0.15) is 0 Å². The molecule has 1 aliphatic rings. The van der Waals surface area contributed by atoms with Crippen LogP contribution in [0.4, 0.5) is 11.5 Å². The predicted molar refractivity (Wildman–Crippen MR) is 85.6 cm³/mol. The van der Waals surface area contributed by atoms with Gasteiger partial charge in [0.25, 0.3) is 0 Å². The average molecular weight is 304 g/mol. The Hall–Kier alpha value is -1.78. The normalized spacial score (nSPS) is 14.3. The van der Waals surface area contributed by atoms with Gasteiger partial charge in [0.15, 0.2) is 5.82 Å². The van der Waals surface area contributed by atoms with Crippen LogP contribution in [0.2, 0.25) is 5.02 Å². The number of rotatable bonds is 3. The van der Waals surface area contributed by atoms with Crippen LogP contribution >= 0.6 is 11.6 Å². The number of hydrogen-bond acceptors (Lipinski definition) is 4. The van der Waals surface area contributed by atoms with Crippen molar-refractivity contribution >= 4 is 23.1 Å². The van der Waals surface area contributed by atoms with Crippen molar-refractivity contribution in [1.82, 2.24) is 10.3 Å². The van der Waals surface area contributed by atoms with Gasteiger partial charge in [-0.05, 0) is 37.2 Å². The van der Waals surface area contributed by atoms with Gasteiger partial charge in [0, 0.05) is 19.3 Å². The van der Waals surface area contributed by atoms with Gasteiger partial charge < -0.3 is 15.0 Å². The number of nitrogens with one attached hydrogen (secondary N) is 1. The van der Waals surface area contributed by atoms with E-state index in [-0.39, 0.29) is 0 Å². The Morgan fingerprint density at radius 2 is 2.24 bits per heavy atom. The van der Waals surface area contributed by atoms with Crippen LogP contribution in [-0.2, 0) is 6.54 Å². The zero-order chi connectivity index (χ0) is 14.7. The highest BCUT2D eigenvalue weighted by atomic mass is 35.5. The third kappa shape index (κ3) is 2.96. The van der Waals surface area contributed by atoms with Crippen LogP contribution in [0.5, 0.6) is 5.75 Å². The molecule has 4 nitrogen and oxygen atoms in total. The molecule has 0 fully saturated rings. The second-order valence-electron chi connectivity index (χ2n) is 5.00. The lowest BCUT2D eigenvalue weighted by atomic mass is 10.2. The Morgan fingerprint density at radius 1 is 1.38 bits per heavy atom.